The molecule has 19 heavy (non-hydrogen) atoms. The van der Waals surface area contributed by atoms with E-state index in [0.29, 0.717) is 12.3 Å². The van der Waals surface area contributed by atoms with Gasteiger partial charge >= 0.3 is 0 Å². The minimum absolute atomic E-state index is 0.466. The molecule has 0 spiro atoms. The van der Waals surface area contributed by atoms with Crippen molar-refractivity contribution in [3.63, 3.8) is 0 Å². The lowest BCUT2D eigenvalue weighted by Gasteiger charge is -2.06. The van der Waals surface area contributed by atoms with Crippen molar-refractivity contribution >= 4 is 11.3 Å². The summed E-state index contributed by atoms with van der Waals surface area (Å²) in [5.41, 5.74) is 9.50. The first kappa shape index (κ1) is 11.6. The monoisotopic (exact) mass is 253 g/mol. The number of hydrogen-bond acceptors (Lipinski definition) is 3. The van der Waals surface area contributed by atoms with Crippen molar-refractivity contribution in [3.05, 3.63) is 60.0 Å². The third-order valence-electron chi connectivity index (χ3n) is 3.05. The van der Waals surface area contributed by atoms with Crippen LogP contribution >= 0.6 is 0 Å². The van der Waals surface area contributed by atoms with Crippen molar-refractivity contribution < 1.29 is 4.74 Å². The van der Waals surface area contributed by atoms with Gasteiger partial charge in [-0.3, -0.25) is 4.40 Å². The zero-order chi connectivity index (χ0) is 13.2. The first-order valence-corrected chi connectivity index (χ1v) is 6.14. The van der Waals surface area contributed by atoms with Gasteiger partial charge in [0.25, 0.3) is 0 Å². The largest absolute Gasteiger partial charge is 0.487 e. The maximum Gasteiger partial charge on any atom is 0.160 e. The van der Waals surface area contributed by atoms with E-state index in [1.807, 2.05) is 47.0 Å². The molecular formula is C15H15N3O. The summed E-state index contributed by atoms with van der Waals surface area (Å²) in [5, 5.41) is 0. The molecule has 2 aromatic heterocycles. The summed E-state index contributed by atoms with van der Waals surface area (Å²) in [6.07, 6.45) is 3.73. The van der Waals surface area contributed by atoms with Crippen LogP contribution in [0.25, 0.3) is 5.65 Å². The van der Waals surface area contributed by atoms with Gasteiger partial charge in [0.1, 0.15) is 12.4 Å². The Morgan fingerprint density at radius 1 is 1.21 bits per heavy atom. The number of fused-ring (bicyclic) bond motifs is 1. The lowest BCUT2D eigenvalue weighted by Crippen LogP contribution is -2.00. The summed E-state index contributed by atoms with van der Waals surface area (Å²) in [5.74, 6) is 0.851. The fourth-order valence-corrected chi connectivity index (χ4v) is 1.98. The number of hydrogen-bond donors (Lipinski definition) is 1. The molecule has 0 fully saturated rings. The molecule has 0 atom stereocenters. The van der Waals surface area contributed by atoms with E-state index in [9.17, 15) is 0 Å². The van der Waals surface area contributed by atoms with Gasteiger partial charge in [0.05, 0.1) is 17.6 Å². The Bertz CT molecular complexity index is 701. The number of nitrogen functional groups attached to an aromatic ring is 1. The van der Waals surface area contributed by atoms with E-state index in [4.69, 9.17) is 10.5 Å². The second-order valence-corrected chi connectivity index (χ2v) is 4.51. The Kier molecular flexibility index (Phi) is 2.83. The molecular weight excluding hydrogens is 238 g/mol. The van der Waals surface area contributed by atoms with Gasteiger partial charge < -0.3 is 10.5 Å². The van der Waals surface area contributed by atoms with Gasteiger partial charge in [-0.15, -0.1) is 0 Å². The fourth-order valence-electron chi connectivity index (χ4n) is 1.98. The van der Waals surface area contributed by atoms with Crippen molar-refractivity contribution in [2.45, 2.75) is 13.5 Å². The van der Waals surface area contributed by atoms with Crippen LogP contribution in [-0.2, 0) is 6.61 Å². The standard InChI is InChI=1S/C15H15N3O/c1-11-4-6-13(7-5-11)19-10-12-9-17-15-14(16)3-2-8-18(12)15/h2-9H,10,16H2,1H3. The molecule has 2 N–H and O–H groups in total. The van der Waals surface area contributed by atoms with Gasteiger partial charge in [-0.1, -0.05) is 17.7 Å². The third kappa shape index (κ3) is 2.25. The molecule has 2 heterocycles. The van der Waals surface area contributed by atoms with E-state index in [-0.39, 0.29) is 0 Å². The zero-order valence-corrected chi connectivity index (χ0v) is 10.7. The number of anilines is 1. The van der Waals surface area contributed by atoms with Crippen molar-refractivity contribution in [2.75, 3.05) is 5.73 Å². The molecule has 1 aromatic carbocycles. The smallest absolute Gasteiger partial charge is 0.160 e. The van der Waals surface area contributed by atoms with Crippen LogP contribution in [0.15, 0.2) is 48.8 Å². The predicted octanol–water partition coefficient (Wildman–Crippen LogP) is 2.80. The highest BCUT2D eigenvalue weighted by Gasteiger charge is 2.05. The molecule has 0 aliphatic heterocycles. The molecule has 0 bridgehead atoms. The van der Waals surface area contributed by atoms with Crippen molar-refractivity contribution in [1.82, 2.24) is 9.38 Å². The van der Waals surface area contributed by atoms with Gasteiger partial charge in [0, 0.05) is 6.20 Å². The Hall–Kier alpha value is -2.49. The number of aromatic nitrogens is 2. The molecule has 0 radical (unpaired) electrons. The predicted molar refractivity (Wildman–Crippen MR) is 75.1 cm³/mol. The molecule has 0 aliphatic rings. The Morgan fingerprint density at radius 2 is 2.00 bits per heavy atom. The molecule has 0 saturated carbocycles. The quantitative estimate of drug-likeness (QED) is 0.781. The molecule has 0 amide bonds. The second kappa shape index (κ2) is 4.65. The summed E-state index contributed by atoms with van der Waals surface area (Å²) >= 11 is 0. The SMILES string of the molecule is Cc1ccc(OCc2cnc3c(N)cccn23)cc1. The highest BCUT2D eigenvalue weighted by atomic mass is 16.5. The number of nitrogens with two attached hydrogens (primary N) is 1. The van der Waals surface area contributed by atoms with Crippen LogP contribution in [-0.4, -0.2) is 9.38 Å². The molecule has 96 valence electrons. The van der Waals surface area contributed by atoms with Crippen molar-refractivity contribution in [2.24, 2.45) is 0 Å². The van der Waals surface area contributed by atoms with E-state index in [2.05, 4.69) is 11.9 Å². The van der Waals surface area contributed by atoms with Crippen LogP contribution in [0.5, 0.6) is 5.75 Å². The molecule has 4 nitrogen and oxygen atoms in total. The van der Waals surface area contributed by atoms with E-state index >= 15 is 0 Å². The van der Waals surface area contributed by atoms with E-state index in [1.165, 1.54) is 5.56 Å². The van der Waals surface area contributed by atoms with E-state index in [1.54, 1.807) is 6.20 Å². The maximum absolute atomic E-state index is 5.87. The minimum Gasteiger partial charge on any atom is -0.487 e. The summed E-state index contributed by atoms with van der Waals surface area (Å²) in [6, 6.07) is 11.7. The van der Waals surface area contributed by atoms with Crippen molar-refractivity contribution in [3.8, 4) is 5.75 Å². The maximum atomic E-state index is 5.87. The summed E-state index contributed by atoms with van der Waals surface area (Å²) in [4.78, 5) is 4.30. The van der Waals surface area contributed by atoms with Gasteiger partial charge in [-0.05, 0) is 31.2 Å². The van der Waals surface area contributed by atoms with Gasteiger partial charge in [-0.2, -0.15) is 0 Å². The topological polar surface area (TPSA) is 52.5 Å². The number of rotatable bonds is 3. The van der Waals surface area contributed by atoms with Crippen molar-refractivity contribution in [1.29, 1.82) is 0 Å². The van der Waals surface area contributed by atoms with Gasteiger partial charge in [0.2, 0.25) is 0 Å². The number of pyridine rings is 1. The molecule has 4 heteroatoms. The average Bonchev–Trinajstić information content (AvgIpc) is 2.83. The Balaban J connectivity index is 1.82. The number of nitrogens with zero attached hydrogens (tertiary/aromatic N) is 2. The highest BCUT2D eigenvalue weighted by molar-refractivity contribution is 5.64. The lowest BCUT2D eigenvalue weighted by atomic mass is 10.2. The van der Waals surface area contributed by atoms with Crippen LogP contribution in [0.2, 0.25) is 0 Å². The van der Waals surface area contributed by atoms with Crippen LogP contribution < -0.4 is 10.5 Å². The minimum atomic E-state index is 0.466. The van der Waals surface area contributed by atoms with Crippen LogP contribution in [0, 0.1) is 6.92 Å². The Labute approximate surface area is 111 Å². The van der Waals surface area contributed by atoms with Gasteiger partial charge in [0.15, 0.2) is 5.65 Å². The van der Waals surface area contributed by atoms with E-state index in [0.717, 1.165) is 17.1 Å². The Morgan fingerprint density at radius 3 is 2.79 bits per heavy atom. The van der Waals surface area contributed by atoms with Crippen LogP contribution in [0.1, 0.15) is 11.3 Å². The number of ether oxygens (including phenoxy) is 1. The third-order valence-corrected chi connectivity index (χ3v) is 3.05. The molecule has 0 unspecified atom stereocenters. The second-order valence-electron chi connectivity index (χ2n) is 4.51. The lowest BCUT2D eigenvalue weighted by molar-refractivity contribution is 0.300. The number of aryl methyl sites for hydroxylation is 1. The molecule has 0 aliphatic carbocycles. The highest BCUT2D eigenvalue weighted by Crippen LogP contribution is 2.17. The van der Waals surface area contributed by atoms with Gasteiger partial charge in [-0.25, -0.2) is 4.98 Å². The average molecular weight is 253 g/mol. The van der Waals surface area contributed by atoms with Crippen LogP contribution in [0.4, 0.5) is 5.69 Å². The molecule has 0 saturated heterocycles. The zero-order valence-electron chi connectivity index (χ0n) is 10.7. The fraction of sp³-hybridized carbons (Fsp3) is 0.133. The normalized spacial score (nSPS) is 10.8. The summed E-state index contributed by atoms with van der Waals surface area (Å²) in [6.45, 7) is 2.52. The summed E-state index contributed by atoms with van der Waals surface area (Å²) < 4.78 is 7.70. The number of benzene rings is 1. The van der Waals surface area contributed by atoms with E-state index < -0.39 is 0 Å². The molecule has 3 rings (SSSR count). The van der Waals surface area contributed by atoms with Crippen LogP contribution in [0.3, 0.4) is 0 Å². The first-order valence-electron chi connectivity index (χ1n) is 6.14. The summed E-state index contributed by atoms with van der Waals surface area (Å²) in [7, 11) is 0. The first-order chi connectivity index (χ1) is 9.24. The molecule has 3 aromatic rings. The number of imidazole rings is 1.